The summed E-state index contributed by atoms with van der Waals surface area (Å²) in [5.41, 5.74) is -0.0786. The molecular formula is C16H26FNO2. The molecule has 20 heavy (non-hydrogen) atoms. The number of halogens is 1. The summed E-state index contributed by atoms with van der Waals surface area (Å²) in [5.74, 6) is 0.209. The van der Waals surface area contributed by atoms with Crippen molar-refractivity contribution in [2.75, 3.05) is 13.2 Å². The lowest BCUT2D eigenvalue weighted by atomic mass is 9.94. The monoisotopic (exact) mass is 283 g/mol. The van der Waals surface area contributed by atoms with Gasteiger partial charge in [-0.1, -0.05) is 20.8 Å². The van der Waals surface area contributed by atoms with E-state index >= 15 is 0 Å². The maximum absolute atomic E-state index is 13.5. The first-order valence-corrected chi connectivity index (χ1v) is 7.20. The Hall–Kier alpha value is -1.13. The number of hydrogen-bond acceptors (Lipinski definition) is 3. The molecule has 1 rings (SSSR count). The zero-order valence-corrected chi connectivity index (χ0v) is 12.9. The van der Waals surface area contributed by atoms with E-state index < -0.39 is 5.60 Å². The normalized spacial score (nSPS) is 14.3. The van der Waals surface area contributed by atoms with E-state index in [-0.39, 0.29) is 18.3 Å². The topological polar surface area (TPSA) is 41.5 Å². The fraction of sp³-hybridized carbons (Fsp3) is 0.625. The smallest absolute Gasteiger partial charge is 0.127 e. The van der Waals surface area contributed by atoms with E-state index in [9.17, 15) is 9.50 Å². The molecular weight excluding hydrogens is 257 g/mol. The lowest BCUT2D eigenvalue weighted by Crippen LogP contribution is -2.37. The van der Waals surface area contributed by atoms with Crippen molar-refractivity contribution in [1.82, 2.24) is 5.32 Å². The summed E-state index contributed by atoms with van der Waals surface area (Å²) in [7, 11) is 0. The fourth-order valence-corrected chi connectivity index (χ4v) is 1.61. The molecule has 114 valence electrons. The van der Waals surface area contributed by atoms with Gasteiger partial charge in [-0.25, -0.2) is 4.39 Å². The molecule has 1 unspecified atom stereocenters. The molecule has 1 aromatic carbocycles. The summed E-state index contributed by atoms with van der Waals surface area (Å²) >= 11 is 0. The summed E-state index contributed by atoms with van der Waals surface area (Å²) in [4.78, 5) is 0. The molecule has 4 heteroatoms. The molecule has 0 heterocycles. The van der Waals surface area contributed by atoms with Crippen LogP contribution < -0.4 is 10.1 Å². The molecule has 0 aromatic heterocycles. The number of hydrogen-bond donors (Lipinski definition) is 2. The molecule has 0 aliphatic carbocycles. The summed E-state index contributed by atoms with van der Waals surface area (Å²) in [6.45, 7) is 9.32. The van der Waals surface area contributed by atoms with Crippen LogP contribution in [0.15, 0.2) is 18.2 Å². The summed E-state index contributed by atoms with van der Waals surface area (Å²) < 4.78 is 19.1. The van der Waals surface area contributed by atoms with Gasteiger partial charge in [0.25, 0.3) is 0 Å². The molecule has 1 aromatic rings. The van der Waals surface area contributed by atoms with Gasteiger partial charge >= 0.3 is 0 Å². The molecule has 1 atom stereocenters. The van der Waals surface area contributed by atoms with Gasteiger partial charge in [0.05, 0.1) is 5.60 Å². The minimum Gasteiger partial charge on any atom is -0.490 e. The SMILES string of the molecule is CCCNCc1cc(F)cc(OCC(C)(O)C(C)C)c1. The van der Waals surface area contributed by atoms with Gasteiger partial charge in [0.1, 0.15) is 18.2 Å². The Kier molecular flexibility index (Phi) is 6.43. The lowest BCUT2D eigenvalue weighted by Gasteiger charge is -2.27. The second-order valence-electron chi connectivity index (χ2n) is 5.77. The molecule has 0 saturated heterocycles. The summed E-state index contributed by atoms with van der Waals surface area (Å²) in [6.07, 6.45) is 1.04. The van der Waals surface area contributed by atoms with Crippen LogP contribution in [-0.4, -0.2) is 23.9 Å². The zero-order valence-electron chi connectivity index (χ0n) is 12.9. The van der Waals surface area contributed by atoms with Crippen LogP contribution in [0.2, 0.25) is 0 Å². The van der Waals surface area contributed by atoms with Gasteiger partial charge in [-0.2, -0.15) is 0 Å². The van der Waals surface area contributed by atoms with Crippen molar-refractivity contribution >= 4 is 0 Å². The minimum atomic E-state index is -0.924. The summed E-state index contributed by atoms with van der Waals surface area (Å²) in [6, 6.07) is 4.65. The molecule has 0 saturated carbocycles. The van der Waals surface area contributed by atoms with Crippen LogP contribution in [0.5, 0.6) is 5.75 Å². The van der Waals surface area contributed by atoms with Gasteiger partial charge in [0, 0.05) is 12.6 Å². The molecule has 0 radical (unpaired) electrons. The first-order chi connectivity index (χ1) is 9.35. The van der Waals surface area contributed by atoms with Gasteiger partial charge < -0.3 is 15.2 Å². The Labute approximate surface area is 121 Å². The molecule has 0 spiro atoms. The Morgan fingerprint density at radius 2 is 2.05 bits per heavy atom. The number of ether oxygens (including phenoxy) is 1. The minimum absolute atomic E-state index is 0.0711. The van der Waals surface area contributed by atoms with E-state index in [1.54, 1.807) is 6.92 Å². The van der Waals surface area contributed by atoms with Crippen LogP contribution >= 0.6 is 0 Å². The van der Waals surface area contributed by atoms with Crippen molar-refractivity contribution < 1.29 is 14.2 Å². The zero-order chi connectivity index (χ0) is 15.2. The van der Waals surface area contributed by atoms with Crippen LogP contribution in [0.25, 0.3) is 0 Å². The Morgan fingerprint density at radius 3 is 2.65 bits per heavy atom. The van der Waals surface area contributed by atoms with Crippen molar-refractivity contribution in [2.24, 2.45) is 5.92 Å². The molecule has 0 aliphatic heterocycles. The average molecular weight is 283 g/mol. The third-order valence-corrected chi connectivity index (χ3v) is 3.46. The highest BCUT2D eigenvalue weighted by Gasteiger charge is 2.25. The Morgan fingerprint density at radius 1 is 1.35 bits per heavy atom. The molecule has 3 nitrogen and oxygen atoms in total. The highest BCUT2D eigenvalue weighted by atomic mass is 19.1. The molecule has 0 aliphatic rings. The van der Waals surface area contributed by atoms with Crippen molar-refractivity contribution in [1.29, 1.82) is 0 Å². The fourth-order valence-electron chi connectivity index (χ4n) is 1.61. The summed E-state index contributed by atoms with van der Waals surface area (Å²) in [5, 5.41) is 13.4. The van der Waals surface area contributed by atoms with Crippen LogP contribution in [-0.2, 0) is 6.54 Å². The first kappa shape index (κ1) is 16.9. The Balaban J connectivity index is 2.66. The van der Waals surface area contributed by atoms with E-state index in [1.807, 2.05) is 19.9 Å². The number of aliphatic hydroxyl groups is 1. The van der Waals surface area contributed by atoms with E-state index in [4.69, 9.17) is 4.74 Å². The predicted octanol–water partition coefficient (Wildman–Crippen LogP) is 3.11. The van der Waals surface area contributed by atoms with Crippen LogP contribution in [0, 0.1) is 11.7 Å². The van der Waals surface area contributed by atoms with Crippen LogP contribution in [0.1, 0.15) is 39.7 Å². The second kappa shape index (κ2) is 7.60. The van der Waals surface area contributed by atoms with E-state index in [0.717, 1.165) is 18.5 Å². The lowest BCUT2D eigenvalue weighted by molar-refractivity contribution is -0.0267. The van der Waals surface area contributed by atoms with Crippen molar-refractivity contribution in [3.8, 4) is 5.75 Å². The van der Waals surface area contributed by atoms with Crippen molar-refractivity contribution in [2.45, 2.75) is 46.3 Å². The van der Waals surface area contributed by atoms with E-state index in [0.29, 0.717) is 12.3 Å². The Bertz CT molecular complexity index is 419. The average Bonchev–Trinajstić information content (AvgIpc) is 2.36. The maximum atomic E-state index is 13.5. The first-order valence-electron chi connectivity index (χ1n) is 7.20. The van der Waals surface area contributed by atoms with E-state index in [2.05, 4.69) is 12.2 Å². The predicted molar refractivity (Wildman–Crippen MR) is 79.4 cm³/mol. The quantitative estimate of drug-likeness (QED) is 0.720. The third kappa shape index (κ3) is 5.47. The van der Waals surface area contributed by atoms with Crippen LogP contribution in [0.4, 0.5) is 4.39 Å². The van der Waals surface area contributed by atoms with Crippen molar-refractivity contribution in [3.63, 3.8) is 0 Å². The third-order valence-electron chi connectivity index (χ3n) is 3.46. The van der Waals surface area contributed by atoms with Gasteiger partial charge in [-0.05, 0) is 43.5 Å². The number of benzene rings is 1. The second-order valence-corrected chi connectivity index (χ2v) is 5.77. The van der Waals surface area contributed by atoms with E-state index in [1.165, 1.54) is 12.1 Å². The molecule has 0 amide bonds. The van der Waals surface area contributed by atoms with Gasteiger partial charge in [0.2, 0.25) is 0 Å². The molecule has 0 fully saturated rings. The number of rotatable bonds is 8. The van der Waals surface area contributed by atoms with Crippen molar-refractivity contribution in [3.05, 3.63) is 29.6 Å². The van der Waals surface area contributed by atoms with Gasteiger partial charge in [-0.15, -0.1) is 0 Å². The van der Waals surface area contributed by atoms with Gasteiger partial charge in [-0.3, -0.25) is 0 Å². The largest absolute Gasteiger partial charge is 0.490 e. The highest BCUT2D eigenvalue weighted by molar-refractivity contribution is 5.29. The standard InChI is InChI=1S/C16H26FNO2/c1-5-6-18-10-13-7-14(17)9-15(8-13)20-11-16(4,19)12(2)3/h7-9,12,18-19H,5-6,10-11H2,1-4H3. The highest BCUT2D eigenvalue weighted by Crippen LogP contribution is 2.21. The van der Waals surface area contributed by atoms with Crippen LogP contribution in [0.3, 0.4) is 0 Å². The molecule has 0 bridgehead atoms. The maximum Gasteiger partial charge on any atom is 0.127 e. The van der Waals surface area contributed by atoms with Gasteiger partial charge in [0.15, 0.2) is 0 Å². The number of nitrogens with one attached hydrogen (secondary N) is 1. The molecule has 2 N–H and O–H groups in total.